The van der Waals surface area contributed by atoms with E-state index in [4.69, 9.17) is 19.9 Å². The Morgan fingerprint density at radius 2 is 0.705 bits per heavy atom. The van der Waals surface area contributed by atoms with Crippen molar-refractivity contribution in [1.82, 2.24) is 19.9 Å². The van der Waals surface area contributed by atoms with E-state index < -0.39 is 0 Å². The molecule has 0 aliphatic rings. The van der Waals surface area contributed by atoms with Crippen LogP contribution < -0.4 is 0 Å². The first-order valence-corrected chi connectivity index (χ1v) is 14.7. The fraction of sp³-hybridized carbons (Fsp3) is 0. The number of rotatable bonds is 5. The Morgan fingerprint density at radius 1 is 0.273 bits per heavy atom. The lowest BCUT2D eigenvalue weighted by Gasteiger charge is -2.14. The Morgan fingerprint density at radius 3 is 1.32 bits per heavy atom. The highest BCUT2D eigenvalue weighted by Crippen LogP contribution is 2.37. The second-order valence-electron chi connectivity index (χ2n) is 10.7. The minimum atomic E-state index is 0.613. The number of pyridine rings is 1. The summed E-state index contributed by atoms with van der Waals surface area (Å²) in [6.45, 7) is 0. The van der Waals surface area contributed by atoms with Crippen LogP contribution >= 0.6 is 0 Å². The lowest BCUT2D eigenvalue weighted by Crippen LogP contribution is -2.00. The minimum absolute atomic E-state index is 0.613. The third-order valence-corrected chi connectivity index (χ3v) is 7.88. The van der Waals surface area contributed by atoms with E-state index in [1.165, 1.54) is 5.39 Å². The van der Waals surface area contributed by atoms with Gasteiger partial charge in [0.1, 0.15) is 0 Å². The number of hydrogen-bond donors (Lipinski definition) is 0. The Kier molecular flexibility index (Phi) is 6.43. The molecular formula is C40H26N4. The van der Waals surface area contributed by atoms with E-state index in [0.717, 1.165) is 55.4 Å². The zero-order chi connectivity index (χ0) is 29.3. The molecule has 2 aromatic heterocycles. The van der Waals surface area contributed by atoms with Crippen molar-refractivity contribution >= 4 is 21.7 Å². The van der Waals surface area contributed by atoms with Gasteiger partial charge in [-0.15, -0.1) is 0 Å². The van der Waals surface area contributed by atoms with Gasteiger partial charge >= 0.3 is 0 Å². The molecule has 8 rings (SSSR count). The molecule has 206 valence electrons. The molecule has 0 unspecified atom stereocenters. The first-order valence-electron chi connectivity index (χ1n) is 14.7. The van der Waals surface area contributed by atoms with Gasteiger partial charge in [-0.3, -0.25) is 0 Å². The summed E-state index contributed by atoms with van der Waals surface area (Å²) < 4.78 is 0. The molecule has 0 amide bonds. The highest BCUT2D eigenvalue weighted by atomic mass is 15.0. The molecule has 4 nitrogen and oxygen atoms in total. The summed E-state index contributed by atoms with van der Waals surface area (Å²) >= 11 is 0. The van der Waals surface area contributed by atoms with Crippen LogP contribution in [-0.2, 0) is 0 Å². The number of para-hydroxylation sites is 1. The van der Waals surface area contributed by atoms with Crippen LogP contribution in [-0.4, -0.2) is 19.9 Å². The average molecular weight is 563 g/mol. The van der Waals surface area contributed by atoms with E-state index in [1.807, 2.05) is 72.8 Å². The van der Waals surface area contributed by atoms with E-state index in [1.54, 1.807) is 0 Å². The first-order chi connectivity index (χ1) is 21.8. The summed E-state index contributed by atoms with van der Waals surface area (Å²) in [5.41, 5.74) is 7.86. The smallest absolute Gasteiger partial charge is 0.164 e. The predicted octanol–water partition coefficient (Wildman–Crippen LogP) is 9.91. The van der Waals surface area contributed by atoms with Crippen LogP contribution in [0.4, 0.5) is 0 Å². The summed E-state index contributed by atoms with van der Waals surface area (Å²) in [4.78, 5) is 20.2. The van der Waals surface area contributed by atoms with Crippen molar-refractivity contribution in [2.24, 2.45) is 0 Å². The summed E-state index contributed by atoms with van der Waals surface area (Å²) in [5, 5.41) is 3.43. The van der Waals surface area contributed by atoms with Crippen molar-refractivity contribution in [1.29, 1.82) is 0 Å². The van der Waals surface area contributed by atoms with Gasteiger partial charge in [0.05, 0.1) is 11.2 Å². The van der Waals surface area contributed by atoms with Gasteiger partial charge < -0.3 is 0 Å². The monoisotopic (exact) mass is 562 g/mol. The Bertz CT molecular complexity index is 2210. The maximum absolute atomic E-state index is 5.22. The van der Waals surface area contributed by atoms with E-state index in [0.29, 0.717) is 17.5 Å². The normalized spacial score (nSPS) is 11.2. The van der Waals surface area contributed by atoms with Crippen molar-refractivity contribution in [3.8, 4) is 56.5 Å². The highest BCUT2D eigenvalue weighted by molar-refractivity contribution is 6.11. The quantitative estimate of drug-likeness (QED) is 0.196. The molecule has 2 heterocycles. The Hall–Kier alpha value is -6.00. The van der Waals surface area contributed by atoms with Crippen LogP contribution in [0.15, 0.2) is 158 Å². The van der Waals surface area contributed by atoms with Gasteiger partial charge in [-0.25, -0.2) is 19.9 Å². The van der Waals surface area contributed by atoms with Crippen molar-refractivity contribution in [3.63, 3.8) is 0 Å². The standard InChI is InChI=1S/C40H26N4/c1-4-14-27(15-5-1)30-24-31(37-35-22-11-10-20-33(35)34-21-12-13-23-36(34)41-37)26-32(25-30)40-43-38(28-16-6-2-7-17-28)42-39(44-40)29-18-8-3-9-19-29/h1-26H. The summed E-state index contributed by atoms with van der Waals surface area (Å²) in [6.07, 6.45) is 0. The van der Waals surface area contributed by atoms with Crippen LogP contribution in [0.1, 0.15) is 0 Å². The van der Waals surface area contributed by atoms with Gasteiger partial charge in [0.15, 0.2) is 17.5 Å². The second-order valence-corrected chi connectivity index (χ2v) is 10.7. The molecule has 0 aliphatic carbocycles. The lowest BCUT2D eigenvalue weighted by molar-refractivity contribution is 1.07. The zero-order valence-electron chi connectivity index (χ0n) is 23.8. The molecule has 0 atom stereocenters. The van der Waals surface area contributed by atoms with E-state index in [-0.39, 0.29) is 0 Å². The fourth-order valence-electron chi connectivity index (χ4n) is 5.75. The number of aromatic nitrogens is 4. The highest BCUT2D eigenvalue weighted by Gasteiger charge is 2.17. The third kappa shape index (κ3) is 4.79. The number of nitrogens with zero attached hydrogens (tertiary/aromatic N) is 4. The van der Waals surface area contributed by atoms with E-state index in [2.05, 4.69) is 84.9 Å². The molecule has 0 radical (unpaired) electrons. The number of benzene rings is 6. The Labute approximate surface area is 255 Å². The zero-order valence-corrected chi connectivity index (χ0v) is 23.8. The van der Waals surface area contributed by atoms with E-state index in [9.17, 15) is 0 Å². The number of fused-ring (bicyclic) bond motifs is 3. The molecule has 0 saturated carbocycles. The largest absolute Gasteiger partial charge is 0.247 e. The molecule has 0 saturated heterocycles. The molecule has 8 aromatic rings. The van der Waals surface area contributed by atoms with Gasteiger partial charge in [-0.2, -0.15) is 0 Å². The molecule has 0 bridgehead atoms. The first kappa shape index (κ1) is 25.7. The van der Waals surface area contributed by atoms with Gasteiger partial charge in [0.25, 0.3) is 0 Å². The van der Waals surface area contributed by atoms with Crippen LogP contribution in [0, 0.1) is 0 Å². The minimum Gasteiger partial charge on any atom is -0.247 e. The molecular weight excluding hydrogens is 536 g/mol. The molecule has 44 heavy (non-hydrogen) atoms. The van der Waals surface area contributed by atoms with Gasteiger partial charge in [0, 0.05) is 33.0 Å². The van der Waals surface area contributed by atoms with Crippen LogP contribution in [0.25, 0.3) is 78.2 Å². The average Bonchev–Trinajstić information content (AvgIpc) is 3.12. The Balaban J connectivity index is 1.41. The SMILES string of the molecule is c1ccc(-c2cc(-c3nc(-c4ccccc4)nc(-c4ccccc4)n3)cc(-c3nc4ccccc4c4ccccc34)c2)cc1. The topological polar surface area (TPSA) is 51.6 Å². The lowest BCUT2D eigenvalue weighted by atomic mass is 9.95. The number of hydrogen-bond acceptors (Lipinski definition) is 4. The van der Waals surface area contributed by atoms with E-state index >= 15 is 0 Å². The molecule has 4 heteroatoms. The van der Waals surface area contributed by atoms with Crippen LogP contribution in [0.5, 0.6) is 0 Å². The maximum Gasteiger partial charge on any atom is 0.164 e. The summed E-state index contributed by atoms with van der Waals surface area (Å²) in [5.74, 6) is 1.88. The molecule has 0 aliphatic heterocycles. The molecule has 0 spiro atoms. The molecule has 0 fully saturated rings. The van der Waals surface area contributed by atoms with Gasteiger partial charge in [0.2, 0.25) is 0 Å². The summed E-state index contributed by atoms with van der Waals surface area (Å²) in [7, 11) is 0. The van der Waals surface area contributed by atoms with Crippen molar-refractivity contribution in [2.75, 3.05) is 0 Å². The third-order valence-electron chi connectivity index (χ3n) is 7.88. The van der Waals surface area contributed by atoms with Crippen molar-refractivity contribution < 1.29 is 0 Å². The fourth-order valence-corrected chi connectivity index (χ4v) is 5.75. The summed E-state index contributed by atoms with van der Waals surface area (Å²) in [6, 6.07) is 54.0. The molecule has 0 N–H and O–H groups in total. The predicted molar refractivity (Wildman–Crippen MR) is 180 cm³/mol. The second kappa shape index (κ2) is 11.0. The maximum atomic E-state index is 5.22. The van der Waals surface area contributed by atoms with Gasteiger partial charge in [-0.05, 0) is 40.8 Å². The van der Waals surface area contributed by atoms with Crippen molar-refractivity contribution in [3.05, 3.63) is 158 Å². The van der Waals surface area contributed by atoms with Crippen LogP contribution in [0.2, 0.25) is 0 Å². The van der Waals surface area contributed by atoms with Crippen molar-refractivity contribution in [2.45, 2.75) is 0 Å². The van der Waals surface area contributed by atoms with Gasteiger partial charge in [-0.1, -0.05) is 133 Å². The molecule has 6 aromatic carbocycles. The van der Waals surface area contributed by atoms with Crippen LogP contribution in [0.3, 0.4) is 0 Å².